The number of ether oxygens (including phenoxy) is 1. The molecule has 1 atom stereocenters. The molecule has 0 fully saturated rings. The van der Waals surface area contributed by atoms with E-state index in [1.54, 1.807) is 13.3 Å². The average molecular weight is 313 g/mol. The van der Waals surface area contributed by atoms with Gasteiger partial charge in [0.15, 0.2) is 0 Å². The summed E-state index contributed by atoms with van der Waals surface area (Å²) in [5, 5.41) is 4.34. The van der Waals surface area contributed by atoms with Gasteiger partial charge in [-0.25, -0.2) is 0 Å². The van der Waals surface area contributed by atoms with Crippen LogP contribution in [0.5, 0.6) is 0 Å². The van der Waals surface area contributed by atoms with Crippen molar-refractivity contribution in [2.24, 2.45) is 0 Å². The van der Waals surface area contributed by atoms with Crippen molar-refractivity contribution in [2.45, 2.75) is 38.9 Å². The molecular weight excluding hydrogens is 290 g/mol. The van der Waals surface area contributed by atoms with Gasteiger partial charge in [-0.15, -0.1) is 0 Å². The van der Waals surface area contributed by atoms with Gasteiger partial charge < -0.3 is 9.64 Å². The van der Waals surface area contributed by atoms with Crippen molar-refractivity contribution >= 4 is 5.91 Å². The Kier molecular flexibility index (Phi) is 4.76. The van der Waals surface area contributed by atoms with E-state index >= 15 is 0 Å². The molecule has 0 radical (unpaired) electrons. The Morgan fingerprint density at radius 3 is 2.83 bits per heavy atom. The Morgan fingerprint density at radius 1 is 1.30 bits per heavy atom. The van der Waals surface area contributed by atoms with E-state index in [1.165, 1.54) is 5.56 Å². The summed E-state index contributed by atoms with van der Waals surface area (Å²) in [4.78, 5) is 14.8. The molecule has 3 rings (SSSR count). The fourth-order valence-electron chi connectivity index (χ4n) is 3.07. The van der Waals surface area contributed by atoms with Crippen LogP contribution >= 0.6 is 0 Å². The number of hydrogen-bond acceptors (Lipinski definition) is 3. The number of methoxy groups -OCH3 is 1. The molecule has 0 saturated heterocycles. The minimum absolute atomic E-state index is 0.0969. The predicted octanol–water partition coefficient (Wildman–Crippen LogP) is 2.18. The molecule has 5 nitrogen and oxygen atoms in total. The smallest absolute Gasteiger partial charge is 0.227 e. The maximum atomic E-state index is 12.9. The molecule has 122 valence electrons. The van der Waals surface area contributed by atoms with Crippen LogP contribution in [0.4, 0.5) is 0 Å². The quantitative estimate of drug-likeness (QED) is 0.869. The van der Waals surface area contributed by atoms with E-state index in [0.29, 0.717) is 19.6 Å². The highest BCUT2D eigenvalue weighted by Gasteiger charge is 2.27. The summed E-state index contributed by atoms with van der Waals surface area (Å²) in [6.45, 7) is 4.03. The van der Waals surface area contributed by atoms with Crippen LogP contribution in [-0.2, 0) is 29.0 Å². The zero-order valence-electron chi connectivity index (χ0n) is 13.7. The van der Waals surface area contributed by atoms with E-state index in [1.807, 2.05) is 39.9 Å². The lowest BCUT2D eigenvalue weighted by Gasteiger charge is -2.29. The van der Waals surface area contributed by atoms with Gasteiger partial charge in [0.05, 0.1) is 31.3 Å². The van der Waals surface area contributed by atoms with Crippen molar-refractivity contribution in [3.05, 3.63) is 53.3 Å². The van der Waals surface area contributed by atoms with Gasteiger partial charge in [-0.1, -0.05) is 29.8 Å². The monoisotopic (exact) mass is 313 g/mol. The van der Waals surface area contributed by atoms with Crippen molar-refractivity contribution < 1.29 is 9.53 Å². The summed E-state index contributed by atoms with van der Waals surface area (Å²) in [7, 11) is 1.69. The molecule has 1 aliphatic rings. The van der Waals surface area contributed by atoms with Gasteiger partial charge in [-0.05, 0) is 25.0 Å². The van der Waals surface area contributed by atoms with Gasteiger partial charge >= 0.3 is 0 Å². The first-order valence-corrected chi connectivity index (χ1v) is 8.02. The standard InChI is InChI=1S/C18H23N3O2/c1-14-3-5-15(6-4-14)11-18(22)20-12-16-7-9-19-21(16)10-8-17(20)13-23-2/h3-7,9,17H,8,10-13H2,1-2H3/t17-/m0/s1. The first-order chi connectivity index (χ1) is 11.2. The number of benzene rings is 1. The number of carbonyl (C=O) groups is 1. The lowest BCUT2D eigenvalue weighted by molar-refractivity contribution is -0.134. The van der Waals surface area contributed by atoms with Crippen LogP contribution in [-0.4, -0.2) is 40.3 Å². The van der Waals surface area contributed by atoms with Gasteiger partial charge in [-0.3, -0.25) is 9.48 Å². The van der Waals surface area contributed by atoms with Crippen molar-refractivity contribution in [3.63, 3.8) is 0 Å². The third kappa shape index (κ3) is 3.62. The summed E-state index contributed by atoms with van der Waals surface area (Å²) >= 11 is 0. The highest BCUT2D eigenvalue weighted by Crippen LogP contribution is 2.19. The van der Waals surface area contributed by atoms with Crippen LogP contribution in [0, 0.1) is 6.92 Å². The number of aromatic nitrogens is 2. The van der Waals surface area contributed by atoms with E-state index < -0.39 is 0 Å². The molecule has 2 aromatic rings. The molecular formula is C18H23N3O2. The van der Waals surface area contributed by atoms with Crippen LogP contribution in [0.15, 0.2) is 36.5 Å². The predicted molar refractivity (Wildman–Crippen MR) is 87.9 cm³/mol. The van der Waals surface area contributed by atoms with Crippen LogP contribution in [0.3, 0.4) is 0 Å². The van der Waals surface area contributed by atoms with Crippen LogP contribution in [0.1, 0.15) is 23.2 Å². The molecule has 1 amide bonds. The Balaban J connectivity index is 1.78. The van der Waals surface area contributed by atoms with Crippen molar-refractivity contribution in [3.8, 4) is 0 Å². The summed E-state index contributed by atoms with van der Waals surface area (Å²) in [5.74, 6) is 0.144. The number of nitrogens with zero attached hydrogens (tertiary/aromatic N) is 3. The second-order valence-electron chi connectivity index (χ2n) is 6.13. The van der Waals surface area contributed by atoms with E-state index in [4.69, 9.17) is 4.74 Å². The molecule has 1 aliphatic heterocycles. The van der Waals surface area contributed by atoms with E-state index in [2.05, 4.69) is 12.0 Å². The Bertz CT molecular complexity index is 663. The third-order valence-corrected chi connectivity index (χ3v) is 4.41. The Hall–Kier alpha value is -2.14. The molecule has 0 spiro atoms. The van der Waals surface area contributed by atoms with Gasteiger partial charge in [0.25, 0.3) is 0 Å². The molecule has 1 aromatic carbocycles. The molecule has 0 bridgehead atoms. The van der Waals surface area contributed by atoms with Crippen LogP contribution in [0.25, 0.3) is 0 Å². The average Bonchev–Trinajstić information content (AvgIpc) is 2.92. The fraction of sp³-hybridized carbons (Fsp3) is 0.444. The molecule has 1 aromatic heterocycles. The van der Waals surface area contributed by atoms with Gasteiger partial charge in [-0.2, -0.15) is 5.10 Å². The lowest BCUT2D eigenvalue weighted by Crippen LogP contribution is -2.42. The normalized spacial score (nSPS) is 17.7. The van der Waals surface area contributed by atoms with Gasteiger partial charge in [0, 0.05) is 19.9 Å². The maximum absolute atomic E-state index is 12.9. The van der Waals surface area contributed by atoms with Gasteiger partial charge in [0.2, 0.25) is 5.91 Å². The van der Waals surface area contributed by atoms with Crippen LogP contribution in [0.2, 0.25) is 0 Å². The minimum atomic E-state index is 0.0969. The number of rotatable bonds is 4. The Labute approximate surface area is 136 Å². The number of amides is 1. The molecule has 2 heterocycles. The summed E-state index contributed by atoms with van der Waals surface area (Å²) in [5.41, 5.74) is 3.34. The number of hydrogen-bond donors (Lipinski definition) is 0. The summed E-state index contributed by atoms with van der Waals surface area (Å²) in [6, 6.07) is 10.2. The number of aryl methyl sites for hydroxylation is 2. The molecule has 0 unspecified atom stereocenters. The Morgan fingerprint density at radius 2 is 2.09 bits per heavy atom. The molecule has 0 aliphatic carbocycles. The van der Waals surface area contributed by atoms with E-state index in [9.17, 15) is 4.79 Å². The minimum Gasteiger partial charge on any atom is -0.383 e. The zero-order valence-corrected chi connectivity index (χ0v) is 13.7. The van der Waals surface area contributed by atoms with Crippen LogP contribution < -0.4 is 0 Å². The van der Waals surface area contributed by atoms with Gasteiger partial charge in [0.1, 0.15) is 0 Å². The molecule has 0 saturated carbocycles. The number of carbonyl (C=O) groups excluding carboxylic acids is 1. The highest BCUT2D eigenvalue weighted by atomic mass is 16.5. The second kappa shape index (κ2) is 6.96. The first kappa shape index (κ1) is 15.7. The maximum Gasteiger partial charge on any atom is 0.227 e. The topological polar surface area (TPSA) is 47.4 Å². The zero-order chi connectivity index (χ0) is 16.2. The summed E-state index contributed by atoms with van der Waals surface area (Å²) < 4.78 is 7.32. The molecule has 0 N–H and O–H groups in total. The van der Waals surface area contributed by atoms with E-state index in [0.717, 1.165) is 24.2 Å². The first-order valence-electron chi connectivity index (χ1n) is 8.02. The summed E-state index contributed by atoms with van der Waals surface area (Å²) in [6.07, 6.45) is 3.09. The van der Waals surface area contributed by atoms with Crippen molar-refractivity contribution in [1.29, 1.82) is 0 Å². The van der Waals surface area contributed by atoms with E-state index in [-0.39, 0.29) is 11.9 Å². The lowest BCUT2D eigenvalue weighted by atomic mass is 10.1. The fourth-order valence-corrected chi connectivity index (χ4v) is 3.07. The highest BCUT2D eigenvalue weighted by molar-refractivity contribution is 5.79. The second-order valence-corrected chi connectivity index (χ2v) is 6.13. The molecule has 5 heteroatoms. The van der Waals surface area contributed by atoms with Crippen molar-refractivity contribution in [2.75, 3.05) is 13.7 Å². The third-order valence-electron chi connectivity index (χ3n) is 4.41. The molecule has 23 heavy (non-hydrogen) atoms. The number of fused-ring (bicyclic) bond motifs is 1. The largest absolute Gasteiger partial charge is 0.383 e. The SMILES string of the molecule is COC[C@@H]1CCn2nccc2CN1C(=O)Cc1ccc(C)cc1. The van der Waals surface area contributed by atoms with Crippen molar-refractivity contribution in [1.82, 2.24) is 14.7 Å².